The van der Waals surface area contributed by atoms with Gasteiger partial charge in [0.25, 0.3) is 0 Å². The molecule has 0 unspecified atom stereocenters. The summed E-state index contributed by atoms with van der Waals surface area (Å²) in [7, 11) is 0. The van der Waals surface area contributed by atoms with Crippen LogP contribution in [-0.2, 0) is 0 Å². The molecule has 0 amide bonds. The molecule has 14 heavy (non-hydrogen) atoms. The number of hydrogen-bond acceptors (Lipinski definition) is 1. The lowest BCUT2D eigenvalue weighted by molar-refractivity contribution is -0.149. The third kappa shape index (κ3) is 2.23. The van der Waals surface area contributed by atoms with Crippen molar-refractivity contribution in [1.82, 2.24) is 0 Å². The van der Waals surface area contributed by atoms with Crippen molar-refractivity contribution >= 4 is 0 Å². The molecule has 0 saturated heterocycles. The minimum Gasteiger partial charge on any atom is -0.316 e. The molecule has 1 rings (SSSR count). The molecule has 0 fully saturated rings. The van der Waals surface area contributed by atoms with Crippen molar-refractivity contribution in [2.45, 2.75) is 19.1 Å². The molecule has 2 N–H and O–H groups in total. The fourth-order valence-corrected chi connectivity index (χ4v) is 1.08. The first-order valence-corrected chi connectivity index (χ1v) is 3.90. The molecule has 0 aliphatic rings. The number of benzene rings is 1. The van der Waals surface area contributed by atoms with Gasteiger partial charge in [0.2, 0.25) is 0 Å². The highest BCUT2D eigenvalue weighted by molar-refractivity contribution is 5.27. The van der Waals surface area contributed by atoms with Gasteiger partial charge in [-0.1, -0.05) is 17.7 Å². The van der Waals surface area contributed by atoms with Crippen LogP contribution in [0, 0.1) is 12.7 Å². The highest BCUT2D eigenvalue weighted by Gasteiger charge is 2.39. The van der Waals surface area contributed by atoms with Gasteiger partial charge in [0.05, 0.1) is 0 Å². The molecule has 1 atom stereocenters. The van der Waals surface area contributed by atoms with Crippen LogP contribution in [0.1, 0.15) is 17.2 Å². The highest BCUT2D eigenvalue weighted by atomic mass is 19.4. The Balaban J connectivity index is 3.12. The number of halogens is 4. The second-order valence-corrected chi connectivity index (χ2v) is 3.04. The fraction of sp³-hybridized carbons (Fsp3) is 0.333. The van der Waals surface area contributed by atoms with E-state index < -0.39 is 23.6 Å². The maximum Gasteiger partial charge on any atom is 0.407 e. The Morgan fingerprint density at radius 3 is 2.36 bits per heavy atom. The van der Waals surface area contributed by atoms with E-state index in [4.69, 9.17) is 5.73 Å². The summed E-state index contributed by atoms with van der Waals surface area (Å²) in [6.45, 7) is 1.58. The molecular formula is C9H9F4N. The lowest BCUT2D eigenvalue weighted by Gasteiger charge is -2.16. The van der Waals surface area contributed by atoms with Gasteiger partial charge in [-0.15, -0.1) is 0 Å². The normalized spacial score (nSPS) is 14.1. The van der Waals surface area contributed by atoms with Crippen molar-refractivity contribution in [2.75, 3.05) is 0 Å². The first-order valence-electron chi connectivity index (χ1n) is 3.90. The Morgan fingerprint density at radius 2 is 1.86 bits per heavy atom. The van der Waals surface area contributed by atoms with E-state index in [-0.39, 0.29) is 0 Å². The van der Waals surface area contributed by atoms with Crippen LogP contribution in [0.3, 0.4) is 0 Å². The monoisotopic (exact) mass is 207 g/mol. The zero-order valence-corrected chi connectivity index (χ0v) is 7.40. The molecule has 1 nitrogen and oxygen atoms in total. The molecule has 0 aliphatic carbocycles. The average Bonchev–Trinajstić information content (AvgIpc) is 2.06. The summed E-state index contributed by atoms with van der Waals surface area (Å²) in [5.74, 6) is -0.930. The molecular weight excluding hydrogens is 198 g/mol. The smallest absolute Gasteiger partial charge is 0.316 e. The van der Waals surface area contributed by atoms with Gasteiger partial charge in [-0.3, -0.25) is 0 Å². The first kappa shape index (κ1) is 11.0. The molecule has 0 radical (unpaired) electrons. The summed E-state index contributed by atoms with van der Waals surface area (Å²) in [5.41, 5.74) is 4.90. The van der Waals surface area contributed by atoms with E-state index in [9.17, 15) is 17.6 Å². The standard InChI is InChI=1S/C9H9F4N/c1-5-2-3-7(10)6(4-5)8(14)9(11,12)13/h2-4,8H,14H2,1H3/t8-/m1/s1. The van der Waals surface area contributed by atoms with E-state index in [1.807, 2.05) is 0 Å². The summed E-state index contributed by atoms with van der Waals surface area (Å²) in [6.07, 6.45) is -4.62. The molecule has 1 aromatic rings. The summed E-state index contributed by atoms with van der Waals surface area (Å²) < 4.78 is 49.4. The largest absolute Gasteiger partial charge is 0.407 e. The lowest BCUT2D eigenvalue weighted by atomic mass is 10.0. The minimum absolute atomic E-state index is 0.516. The zero-order chi connectivity index (χ0) is 10.9. The maximum atomic E-state index is 13.0. The maximum absolute atomic E-state index is 13.0. The topological polar surface area (TPSA) is 26.0 Å². The van der Waals surface area contributed by atoms with Crippen molar-refractivity contribution in [3.05, 3.63) is 35.1 Å². The van der Waals surface area contributed by atoms with Crippen molar-refractivity contribution in [3.63, 3.8) is 0 Å². The van der Waals surface area contributed by atoms with Crippen molar-refractivity contribution in [2.24, 2.45) is 5.73 Å². The van der Waals surface area contributed by atoms with E-state index in [0.717, 1.165) is 12.1 Å². The molecule has 0 aromatic heterocycles. The second-order valence-electron chi connectivity index (χ2n) is 3.04. The molecule has 78 valence electrons. The van der Waals surface area contributed by atoms with Gasteiger partial charge in [-0.05, 0) is 13.0 Å². The third-order valence-corrected chi connectivity index (χ3v) is 1.84. The van der Waals surface area contributed by atoms with Gasteiger partial charge in [-0.2, -0.15) is 13.2 Å². The lowest BCUT2D eigenvalue weighted by Crippen LogP contribution is -2.29. The second kappa shape index (κ2) is 3.57. The predicted octanol–water partition coefficient (Wildman–Crippen LogP) is 2.70. The molecule has 0 saturated carbocycles. The first-order chi connectivity index (χ1) is 6.32. The summed E-state index contributed by atoms with van der Waals surface area (Å²) in [4.78, 5) is 0. The van der Waals surface area contributed by atoms with E-state index in [1.165, 1.54) is 6.07 Å². The van der Waals surface area contributed by atoms with E-state index >= 15 is 0 Å². The van der Waals surface area contributed by atoms with Gasteiger partial charge in [-0.25, -0.2) is 4.39 Å². The third-order valence-electron chi connectivity index (χ3n) is 1.84. The van der Waals surface area contributed by atoms with Gasteiger partial charge < -0.3 is 5.73 Å². The summed E-state index contributed by atoms with van der Waals surface area (Å²) in [6, 6.07) is 1.22. The fourth-order valence-electron chi connectivity index (χ4n) is 1.08. The van der Waals surface area contributed by atoms with Gasteiger partial charge in [0, 0.05) is 5.56 Å². The summed E-state index contributed by atoms with van der Waals surface area (Å²) >= 11 is 0. The SMILES string of the molecule is Cc1ccc(F)c([C@@H](N)C(F)(F)F)c1. The Labute approximate surface area is 78.5 Å². The van der Waals surface area contributed by atoms with Crippen LogP contribution in [0.5, 0.6) is 0 Å². The number of rotatable bonds is 1. The van der Waals surface area contributed by atoms with E-state index in [1.54, 1.807) is 6.92 Å². The molecule has 0 spiro atoms. The van der Waals surface area contributed by atoms with Crippen LogP contribution in [0.2, 0.25) is 0 Å². The average molecular weight is 207 g/mol. The van der Waals surface area contributed by atoms with E-state index in [0.29, 0.717) is 5.56 Å². The Morgan fingerprint density at radius 1 is 1.29 bits per heavy atom. The minimum atomic E-state index is -4.62. The van der Waals surface area contributed by atoms with Crippen LogP contribution >= 0.6 is 0 Å². The molecule has 1 aromatic carbocycles. The Kier molecular flexibility index (Phi) is 2.80. The van der Waals surface area contributed by atoms with Gasteiger partial charge in [0.15, 0.2) is 0 Å². The number of alkyl halides is 3. The van der Waals surface area contributed by atoms with Crippen LogP contribution in [-0.4, -0.2) is 6.18 Å². The van der Waals surface area contributed by atoms with Crippen LogP contribution < -0.4 is 5.73 Å². The number of nitrogens with two attached hydrogens (primary N) is 1. The predicted molar refractivity (Wildman–Crippen MR) is 44.1 cm³/mol. The molecule has 0 bridgehead atoms. The van der Waals surface area contributed by atoms with Crippen molar-refractivity contribution < 1.29 is 17.6 Å². The Bertz CT molecular complexity index is 332. The van der Waals surface area contributed by atoms with Crippen LogP contribution in [0.4, 0.5) is 17.6 Å². The number of aryl methyl sites for hydroxylation is 1. The summed E-state index contributed by atoms with van der Waals surface area (Å²) in [5, 5.41) is 0. The van der Waals surface area contributed by atoms with Crippen LogP contribution in [0.25, 0.3) is 0 Å². The van der Waals surface area contributed by atoms with Gasteiger partial charge in [0.1, 0.15) is 11.9 Å². The molecule has 5 heteroatoms. The molecule has 0 aliphatic heterocycles. The number of hydrogen-bond donors (Lipinski definition) is 1. The van der Waals surface area contributed by atoms with Crippen molar-refractivity contribution in [3.8, 4) is 0 Å². The zero-order valence-electron chi connectivity index (χ0n) is 7.40. The quantitative estimate of drug-likeness (QED) is 0.704. The Hall–Kier alpha value is -1.10. The highest BCUT2D eigenvalue weighted by Crippen LogP contribution is 2.31. The van der Waals surface area contributed by atoms with Crippen LogP contribution in [0.15, 0.2) is 18.2 Å². The van der Waals surface area contributed by atoms with E-state index in [2.05, 4.69) is 0 Å². The molecule has 0 heterocycles. The van der Waals surface area contributed by atoms with Gasteiger partial charge >= 0.3 is 6.18 Å². The van der Waals surface area contributed by atoms with Crippen molar-refractivity contribution in [1.29, 1.82) is 0 Å².